The summed E-state index contributed by atoms with van der Waals surface area (Å²) in [5.74, 6) is 0.906. The van der Waals surface area contributed by atoms with Gasteiger partial charge in [-0.3, -0.25) is 9.80 Å². The predicted molar refractivity (Wildman–Crippen MR) is 77.0 cm³/mol. The van der Waals surface area contributed by atoms with Crippen molar-refractivity contribution in [1.29, 1.82) is 0 Å². The number of nitrogens with zero attached hydrogens (tertiary/aromatic N) is 3. The maximum Gasteiger partial charge on any atom is 0.0137 e. The number of nitrogens with one attached hydrogen (secondary N) is 1. The minimum Gasteiger partial charge on any atom is -0.319 e. The zero-order valence-electron chi connectivity index (χ0n) is 12.4. The first kappa shape index (κ1) is 14.3. The average molecular weight is 254 g/mol. The van der Waals surface area contributed by atoms with Gasteiger partial charge in [0, 0.05) is 45.3 Å². The van der Waals surface area contributed by atoms with E-state index in [1.54, 1.807) is 0 Å². The summed E-state index contributed by atoms with van der Waals surface area (Å²) in [5.41, 5.74) is 0. The van der Waals surface area contributed by atoms with E-state index in [-0.39, 0.29) is 0 Å². The van der Waals surface area contributed by atoms with E-state index < -0.39 is 0 Å². The van der Waals surface area contributed by atoms with Crippen LogP contribution in [0.1, 0.15) is 12.8 Å². The minimum absolute atomic E-state index is 0.869. The Labute approximate surface area is 112 Å². The molecule has 1 heterocycles. The van der Waals surface area contributed by atoms with Crippen molar-refractivity contribution < 1.29 is 0 Å². The maximum absolute atomic E-state index is 3.34. The van der Waals surface area contributed by atoms with Crippen LogP contribution in [0, 0.1) is 5.92 Å². The normalized spacial score (nSPS) is 30.7. The van der Waals surface area contributed by atoms with Gasteiger partial charge in [-0.25, -0.2) is 0 Å². The van der Waals surface area contributed by atoms with Gasteiger partial charge in [-0.15, -0.1) is 0 Å². The van der Waals surface area contributed by atoms with Gasteiger partial charge >= 0.3 is 0 Å². The van der Waals surface area contributed by atoms with Crippen molar-refractivity contribution in [2.45, 2.75) is 18.9 Å². The molecule has 2 fully saturated rings. The largest absolute Gasteiger partial charge is 0.319 e. The van der Waals surface area contributed by atoms with Crippen LogP contribution in [0.2, 0.25) is 0 Å². The van der Waals surface area contributed by atoms with Crippen molar-refractivity contribution in [3.8, 4) is 0 Å². The average Bonchev–Trinajstić information content (AvgIpc) is 2.34. The zero-order chi connectivity index (χ0) is 13.0. The van der Waals surface area contributed by atoms with Gasteiger partial charge in [-0.2, -0.15) is 0 Å². The molecule has 0 radical (unpaired) electrons. The smallest absolute Gasteiger partial charge is 0.0137 e. The Balaban J connectivity index is 1.67. The quantitative estimate of drug-likeness (QED) is 0.729. The molecule has 0 aromatic rings. The Morgan fingerprint density at radius 1 is 1.11 bits per heavy atom. The molecule has 106 valence electrons. The summed E-state index contributed by atoms with van der Waals surface area (Å²) in [7, 11) is 6.40. The Morgan fingerprint density at radius 3 is 2.33 bits per heavy atom. The van der Waals surface area contributed by atoms with Crippen molar-refractivity contribution >= 4 is 0 Å². The Hall–Kier alpha value is -0.160. The van der Waals surface area contributed by atoms with Crippen molar-refractivity contribution in [2.24, 2.45) is 5.92 Å². The fourth-order valence-corrected chi connectivity index (χ4v) is 3.19. The molecule has 4 heteroatoms. The van der Waals surface area contributed by atoms with Crippen LogP contribution in [0.25, 0.3) is 0 Å². The maximum atomic E-state index is 3.34. The number of likely N-dealkylation sites (N-methyl/N-ethyl adjacent to an activating group) is 1. The summed E-state index contributed by atoms with van der Waals surface area (Å²) in [4.78, 5) is 7.63. The second-order valence-corrected chi connectivity index (χ2v) is 6.14. The lowest BCUT2D eigenvalue weighted by molar-refractivity contribution is 0.0205. The summed E-state index contributed by atoms with van der Waals surface area (Å²) in [5, 5.41) is 3.34. The monoisotopic (exact) mass is 254 g/mol. The van der Waals surface area contributed by atoms with Crippen molar-refractivity contribution in [1.82, 2.24) is 20.0 Å². The fourth-order valence-electron chi connectivity index (χ4n) is 3.19. The van der Waals surface area contributed by atoms with Gasteiger partial charge in [-0.05, 0) is 46.4 Å². The highest BCUT2D eigenvalue weighted by Gasteiger charge is 2.35. The molecular formula is C14H30N4. The third-order valence-corrected chi connectivity index (χ3v) is 4.58. The van der Waals surface area contributed by atoms with Gasteiger partial charge < -0.3 is 10.2 Å². The highest BCUT2D eigenvalue weighted by atomic mass is 15.3. The van der Waals surface area contributed by atoms with Crippen LogP contribution in [0.3, 0.4) is 0 Å². The molecule has 0 aromatic heterocycles. The molecular weight excluding hydrogens is 224 g/mol. The molecule has 0 spiro atoms. The highest BCUT2D eigenvalue weighted by Crippen LogP contribution is 2.32. The molecule has 1 saturated carbocycles. The first-order valence-electron chi connectivity index (χ1n) is 7.46. The number of rotatable bonds is 6. The van der Waals surface area contributed by atoms with Gasteiger partial charge in [0.2, 0.25) is 0 Å². The van der Waals surface area contributed by atoms with Crippen molar-refractivity contribution in [2.75, 3.05) is 67.0 Å². The summed E-state index contributed by atoms with van der Waals surface area (Å²) < 4.78 is 0. The molecule has 1 aliphatic carbocycles. The van der Waals surface area contributed by atoms with Crippen molar-refractivity contribution in [3.63, 3.8) is 0 Å². The molecule has 4 nitrogen and oxygen atoms in total. The highest BCUT2D eigenvalue weighted by molar-refractivity contribution is 4.91. The third-order valence-electron chi connectivity index (χ3n) is 4.58. The van der Waals surface area contributed by atoms with E-state index >= 15 is 0 Å². The lowest BCUT2D eigenvalue weighted by atomic mass is 9.78. The number of hydrogen-bond acceptors (Lipinski definition) is 4. The van der Waals surface area contributed by atoms with E-state index in [0.29, 0.717) is 0 Å². The molecule has 2 aliphatic rings. The van der Waals surface area contributed by atoms with Gasteiger partial charge in [0.05, 0.1) is 0 Å². The number of hydrogen-bond donors (Lipinski definition) is 1. The van der Waals surface area contributed by atoms with Crippen LogP contribution >= 0.6 is 0 Å². The Kier molecular flexibility index (Phi) is 5.42. The van der Waals surface area contributed by atoms with E-state index in [4.69, 9.17) is 0 Å². The molecule has 0 amide bonds. The van der Waals surface area contributed by atoms with Gasteiger partial charge in [0.15, 0.2) is 0 Å². The topological polar surface area (TPSA) is 21.8 Å². The SMILES string of the molecule is CNCC1CCC1N1CCN(CCN(C)C)CC1. The van der Waals surface area contributed by atoms with Crippen LogP contribution < -0.4 is 5.32 Å². The van der Waals surface area contributed by atoms with E-state index in [2.05, 4.69) is 41.2 Å². The molecule has 0 bridgehead atoms. The molecule has 18 heavy (non-hydrogen) atoms. The second-order valence-electron chi connectivity index (χ2n) is 6.14. The van der Waals surface area contributed by atoms with Gasteiger partial charge in [-0.1, -0.05) is 0 Å². The predicted octanol–water partition coefficient (Wildman–Crippen LogP) is 0.164. The Morgan fingerprint density at radius 2 is 1.83 bits per heavy atom. The van der Waals surface area contributed by atoms with Crippen molar-refractivity contribution in [3.05, 3.63) is 0 Å². The van der Waals surface area contributed by atoms with Gasteiger partial charge in [0.25, 0.3) is 0 Å². The molecule has 1 N–H and O–H groups in total. The van der Waals surface area contributed by atoms with Crippen LogP contribution in [0.5, 0.6) is 0 Å². The summed E-state index contributed by atoms with van der Waals surface area (Å²) >= 11 is 0. The second kappa shape index (κ2) is 6.85. The lowest BCUT2D eigenvalue weighted by Crippen LogP contribution is -2.57. The summed E-state index contributed by atoms with van der Waals surface area (Å²) in [6, 6.07) is 0.869. The first-order chi connectivity index (χ1) is 8.70. The van der Waals surface area contributed by atoms with Crippen LogP contribution in [-0.2, 0) is 0 Å². The molecule has 0 aromatic carbocycles. The van der Waals surface area contributed by atoms with E-state index in [1.165, 1.54) is 58.7 Å². The fraction of sp³-hybridized carbons (Fsp3) is 1.00. The zero-order valence-corrected chi connectivity index (χ0v) is 12.4. The molecule has 2 atom stereocenters. The lowest BCUT2D eigenvalue weighted by Gasteiger charge is -2.47. The molecule has 2 unspecified atom stereocenters. The van der Waals surface area contributed by atoms with Crippen LogP contribution in [-0.4, -0.2) is 87.7 Å². The van der Waals surface area contributed by atoms with E-state index in [0.717, 1.165) is 12.0 Å². The standard InChI is InChI=1S/C14H30N4/c1-15-12-13-4-5-14(13)18-10-8-17(9-11-18)7-6-16(2)3/h13-15H,4-12H2,1-3H3. The molecule has 1 aliphatic heterocycles. The summed E-state index contributed by atoms with van der Waals surface area (Å²) in [6.45, 7) is 8.69. The number of piperazine rings is 1. The Bertz CT molecular complexity index is 236. The van der Waals surface area contributed by atoms with Gasteiger partial charge in [0.1, 0.15) is 0 Å². The minimum atomic E-state index is 0.869. The van der Waals surface area contributed by atoms with Crippen LogP contribution in [0.4, 0.5) is 0 Å². The van der Waals surface area contributed by atoms with E-state index in [9.17, 15) is 0 Å². The van der Waals surface area contributed by atoms with E-state index in [1.807, 2.05) is 0 Å². The van der Waals surface area contributed by atoms with Crippen LogP contribution in [0.15, 0.2) is 0 Å². The molecule has 2 rings (SSSR count). The third kappa shape index (κ3) is 3.67. The first-order valence-corrected chi connectivity index (χ1v) is 7.46. The summed E-state index contributed by atoms with van der Waals surface area (Å²) in [6.07, 6.45) is 2.84. The molecule has 1 saturated heterocycles.